The lowest BCUT2D eigenvalue weighted by Crippen LogP contribution is -1.94. The second-order valence-corrected chi connectivity index (χ2v) is 4.62. The molecular weight excluding hydrogens is 270 g/mol. The van der Waals surface area contributed by atoms with Gasteiger partial charge in [-0.25, -0.2) is 9.78 Å². The van der Waals surface area contributed by atoms with Crippen LogP contribution in [0.5, 0.6) is 5.75 Å². The highest BCUT2D eigenvalue weighted by Gasteiger charge is 2.10. The maximum absolute atomic E-state index is 10.9. The van der Waals surface area contributed by atoms with Crippen LogP contribution in [0.3, 0.4) is 0 Å². The van der Waals surface area contributed by atoms with Crippen molar-refractivity contribution in [3.63, 3.8) is 0 Å². The zero-order chi connectivity index (χ0) is 14.8. The minimum absolute atomic E-state index is 0.189. The van der Waals surface area contributed by atoms with E-state index in [4.69, 9.17) is 14.3 Å². The molecule has 1 aromatic heterocycles. The summed E-state index contributed by atoms with van der Waals surface area (Å²) in [6, 6.07) is 12.3. The molecule has 0 fully saturated rings. The summed E-state index contributed by atoms with van der Waals surface area (Å²) in [6.45, 7) is 0. The Labute approximate surface area is 120 Å². The Bertz CT molecular complexity index is 790. The predicted octanol–water partition coefficient (Wildman–Crippen LogP) is 3.13. The summed E-state index contributed by atoms with van der Waals surface area (Å²) in [6.07, 6.45) is 0.543. The Morgan fingerprint density at radius 3 is 2.67 bits per heavy atom. The first-order valence-electron chi connectivity index (χ1n) is 6.41. The number of hydrogen-bond donors (Lipinski definition) is 1. The van der Waals surface area contributed by atoms with E-state index < -0.39 is 5.97 Å². The average molecular weight is 283 g/mol. The lowest BCUT2D eigenvalue weighted by atomic mass is 10.1. The van der Waals surface area contributed by atoms with Crippen molar-refractivity contribution in [2.75, 3.05) is 7.11 Å². The van der Waals surface area contributed by atoms with Gasteiger partial charge < -0.3 is 14.3 Å². The van der Waals surface area contributed by atoms with Crippen molar-refractivity contribution in [2.45, 2.75) is 6.42 Å². The van der Waals surface area contributed by atoms with Crippen LogP contribution in [-0.4, -0.2) is 23.2 Å². The van der Waals surface area contributed by atoms with Crippen LogP contribution in [0, 0.1) is 0 Å². The molecule has 0 atom stereocenters. The maximum Gasteiger partial charge on any atom is 0.335 e. The van der Waals surface area contributed by atoms with Gasteiger partial charge in [-0.05, 0) is 35.9 Å². The number of carboxylic acid groups (broad SMARTS) is 1. The first kappa shape index (κ1) is 13.2. The van der Waals surface area contributed by atoms with Gasteiger partial charge in [0.15, 0.2) is 11.5 Å². The number of rotatable bonds is 4. The molecule has 1 N–H and O–H groups in total. The van der Waals surface area contributed by atoms with Gasteiger partial charge in [-0.2, -0.15) is 0 Å². The molecule has 0 aliphatic rings. The fourth-order valence-electron chi connectivity index (χ4n) is 2.10. The van der Waals surface area contributed by atoms with Crippen LogP contribution in [0.4, 0.5) is 0 Å². The Balaban J connectivity index is 1.88. The quantitative estimate of drug-likeness (QED) is 0.796. The second-order valence-electron chi connectivity index (χ2n) is 4.62. The van der Waals surface area contributed by atoms with E-state index in [-0.39, 0.29) is 5.56 Å². The van der Waals surface area contributed by atoms with E-state index in [0.717, 1.165) is 11.3 Å². The van der Waals surface area contributed by atoms with Crippen LogP contribution >= 0.6 is 0 Å². The Hall–Kier alpha value is -2.82. The third-order valence-corrected chi connectivity index (χ3v) is 3.19. The minimum Gasteiger partial charge on any atom is -0.497 e. The highest BCUT2D eigenvalue weighted by molar-refractivity contribution is 5.91. The van der Waals surface area contributed by atoms with Crippen molar-refractivity contribution in [1.82, 2.24) is 4.98 Å². The van der Waals surface area contributed by atoms with E-state index in [0.29, 0.717) is 23.4 Å². The molecule has 3 aromatic rings. The van der Waals surface area contributed by atoms with Gasteiger partial charge in [0, 0.05) is 6.42 Å². The fourth-order valence-corrected chi connectivity index (χ4v) is 2.10. The SMILES string of the molecule is COc1ccc(Cc2nc3ccc(C(=O)O)cc3o2)cc1. The van der Waals surface area contributed by atoms with Crippen LogP contribution in [0.15, 0.2) is 46.9 Å². The van der Waals surface area contributed by atoms with Crippen molar-refractivity contribution >= 4 is 17.1 Å². The van der Waals surface area contributed by atoms with Crippen LogP contribution in [0.1, 0.15) is 21.8 Å². The zero-order valence-corrected chi connectivity index (χ0v) is 11.4. The lowest BCUT2D eigenvalue weighted by molar-refractivity contribution is 0.0697. The van der Waals surface area contributed by atoms with Crippen molar-refractivity contribution in [3.05, 3.63) is 59.5 Å². The van der Waals surface area contributed by atoms with Gasteiger partial charge in [-0.1, -0.05) is 12.1 Å². The topological polar surface area (TPSA) is 72.6 Å². The summed E-state index contributed by atoms with van der Waals surface area (Å²) < 4.78 is 10.7. The monoisotopic (exact) mass is 283 g/mol. The summed E-state index contributed by atoms with van der Waals surface area (Å²) in [5, 5.41) is 8.96. The predicted molar refractivity (Wildman–Crippen MR) is 76.8 cm³/mol. The number of fused-ring (bicyclic) bond motifs is 1. The molecule has 5 heteroatoms. The summed E-state index contributed by atoms with van der Waals surface area (Å²) in [5.41, 5.74) is 2.37. The fraction of sp³-hybridized carbons (Fsp3) is 0.125. The Kier molecular flexibility index (Phi) is 3.31. The van der Waals surface area contributed by atoms with Crippen molar-refractivity contribution in [2.24, 2.45) is 0 Å². The first-order valence-corrected chi connectivity index (χ1v) is 6.41. The molecule has 0 aliphatic carbocycles. The van der Waals surface area contributed by atoms with Crippen molar-refractivity contribution in [3.8, 4) is 5.75 Å². The van der Waals surface area contributed by atoms with Crippen LogP contribution in [-0.2, 0) is 6.42 Å². The molecule has 0 saturated carbocycles. The van der Waals surface area contributed by atoms with Crippen LogP contribution in [0.25, 0.3) is 11.1 Å². The Morgan fingerprint density at radius 1 is 1.24 bits per heavy atom. The zero-order valence-electron chi connectivity index (χ0n) is 11.4. The summed E-state index contributed by atoms with van der Waals surface area (Å²) in [5.74, 6) is 0.366. The van der Waals surface area contributed by atoms with Gasteiger partial charge in [0.25, 0.3) is 0 Å². The molecule has 0 spiro atoms. The summed E-state index contributed by atoms with van der Waals surface area (Å²) >= 11 is 0. The van der Waals surface area contributed by atoms with Gasteiger partial charge in [0.2, 0.25) is 0 Å². The lowest BCUT2D eigenvalue weighted by Gasteiger charge is -2.00. The number of nitrogens with zero attached hydrogens (tertiary/aromatic N) is 1. The molecule has 0 bridgehead atoms. The average Bonchev–Trinajstić information content (AvgIpc) is 2.89. The molecular formula is C16H13NO4. The van der Waals surface area contributed by atoms with Gasteiger partial charge in [0.05, 0.1) is 12.7 Å². The highest BCUT2D eigenvalue weighted by Crippen LogP contribution is 2.20. The van der Waals surface area contributed by atoms with E-state index in [1.165, 1.54) is 12.1 Å². The van der Waals surface area contributed by atoms with Gasteiger partial charge in [-0.15, -0.1) is 0 Å². The second kappa shape index (κ2) is 5.28. The van der Waals surface area contributed by atoms with E-state index in [9.17, 15) is 4.79 Å². The number of benzene rings is 2. The smallest absolute Gasteiger partial charge is 0.335 e. The molecule has 0 amide bonds. The molecule has 0 radical (unpaired) electrons. The molecule has 21 heavy (non-hydrogen) atoms. The van der Waals surface area contributed by atoms with E-state index >= 15 is 0 Å². The van der Waals surface area contributed by atoms with E-state index in [1.807, 2.05) is 24.3 Å². The summed E-state index contributed by atoms with van der Waals surface area (Å²) in [4.78, 5) is 15.3. The number of aromatic carboxylic acids is 1. The molecule has 0 aliphatic heterocycles. The van der Waals surface area contributed by atoms with Gasteiger partial charge in [-0.3, -0.25) is 0 Å². The normalized spacial score (nSPS) is 10.7. The number of aromatic nitrogens is 1. The van der Waals surface area contributed by atoms with Crippen LogP contribution < -0.4 is 4.74 Å². The number of ether oxygens (including phenoxy) is 1. The van der Waals surface area contributed by atoms with E-state index in [2.05, 4.69) is 4.98 Å². The summed E-state index contributed by atoms with van der Waals surface area (Å²) in [7, 11) is 1.62. The first-order chi connectivity index (χ1) is 10.2. The largest absolute Gasteiger partial charge is 0.497 e. The van der Waals surface area contributed by atoms with Crippen molar-refractivity contribution < 1.29 is 19.1 Å². The standard InChI is InChI=1S/C16H13NO4/c1-20-12-5-2-10(3-6-12)8-15-17-13-7-4-11(16(18)19)9-14(13)21-15/h2-7,9H,8H2,1H3,(H,18,19). The molecule has 1 heterocycles. The van der Waals surface area contributed by atoms with E-state index in [1.54, 1.807) is 13.2 Å². The van der Waals surface area contributed by atoms with Gasteiger partial charge in [0.1, 0.15) is 11.3 Å². The number of hydrogen-bond acceptors (Lipinski definition) is 4. The molecule has 106 valence electrons. The Morgan fingerprint density at radius 2 is 2.00 bits per heavy atom. The number of oxazole rings is 1. The molecule has 2 aromatic carbocycles. The maximum atomic E-state index is 10.9. The third kappa shape index (κ3) is 2.72. The van der Waals surface area contributed by atoms with Crippen molar-refractivity contribution in [1.29, 1.82) is 0 Å². The molecule has 0 saturated heterocycles. The van der Waals surface area contributed by atoms with Gasteiger partial charge >= 0.3 is 5.97 Å². The minimum atomic E-state index is -0.981. The van der Waals surface area contributed by atoms with Crippen LogP contribution in [0.2, 0.25) is 0 Å². The molecule has 3 rings (SSSR count). The third-order valence-electron chi connectivity index (χ3n) is 3.19. The number of methoxy groups -OCH3 is 1. The number of carboxylic acids is 1. The molecule has 0 unspecified atom stereocenters. The highest BCUT2D eigenvalue weighted by atomic mass is 16.5. The number of carbonyl (C=O) groups is 1. The molecule has 5 nitrogen and oxygen atoms in total.